The van der Waals surface area contributed by atoms with E-state index in [1.165, 1.54) is 0 Å². The zero-order chi connectivity index (χ0) is 21.5. The van der Waals surface area contributed by atoms with Crippen LogP contribution in [0.2, 0.25) is 5.02 Å². The molecule has 1 unspecified atom stereocenters. The highest BCUT2D eigenvalue weighted by molar-refractivity contribution is 6.32. The fourth-order valence-electron chi connectivity index (χ4n) is 3.16. The van der Waals surface area contributed by atoms with Crippen molar-refractivity contribution in [3.63, 3.8) is 0 Å². The van der Waals surface area contributed by atoms with Gasteiger partial charge in [-0.15, -0.1) is 0 Å². The first-order chi connectivity index (χ1) is 14.7. The first-order valence-electron chi connectivity index (χ1n) is 9.61. The van der Waals surface area contributed by atoms with E-state index in [4.69, 9.17) is 11.6 Å². The van der Waals surface area contributed by atoms with E-state index in [1.807, 2.05) is 62.4 Å². The molecule has 0 bridgehead atoms. The molecular weight excluding hydrogens is 396 g/mol. The molecule has 2 heterocycles. The third-order valence-corrected chi connectivity index (χ3v) is 4.93. The third kappa shape index (κ3) is 4.19. The maximum Gasteiger partial charge on any atom is 0.147 e. The maximum atomic E-state index is 10.9. The van der Waals surface area contributed by atoms with E-state index >= 15 is 0 Å². The van der Waals surface area contributed by atoms with E-state index in [-0.39, 0.29) is 5.75 Å². The molecule has 0 aliphatic rings. The number of phenols is 1. The van der Waals surface area contributed by atoms with Crippen molar-refractivity contribution in [1.82, 2.24) is 9.97 Å². The lowest BCUT2D eigenvalue weighted by atomic mass is 9.95. The SMILES string of the molecule is CC.N#Cc1cccc(C(Nc2ccccn2)c2ccc3cccnc3c2O)c1Cl. The van der Waals surface area contributed by atoms with E-state index in [1.54, 1.807) is 24.5 Å². The van der Waals surface area contributed by atoms with Crippen molar-refractivity contribution in [3.05, 3.63) is 94.8 Å². The number of fused-ring (bicyclic) bond motifs is 1. The van der Waals surface area contributed by atoms with E-state index in [0.717, 1.165) is 5.39 Å². The molecule has 0 aliphatic carbocycles. The number of hydrogen-bond donors (Lipinski definition) is 2. The lowest BCUT2D eigenvalue weighted by Gasteiger charge is -2.23. The Balaban J connectivity index is 0.00000124. The zero-order valence-electron chi connectivity index (χ0n) is 16.7. The van der Waals surface area contributed by atoms with Gasteiger partial charge in [-0.3, -0.25) is 4.98 Å². The standard InChI is InChI=1S/C22H15ClN4O.C2H6/c23-19-15(13-24)5-3-7-16(19)21(27-18-8-1-2-11-25-18)17-10-9-14-6-4-12-26-20(14)22(17)28;1-2/h1-12,21,28H,(H,25,27);1-2H3. The Kier molecular flexibility index (Phi) is 6.84. The van der Waals surface area contributed by atoms with E-state index in [0.29, 0.717) is 33.0 Å². The van der Waals surface area contributed by atoms with Crippen LogP contribution in [0.5, 0.6) is 5.75 Å². The number of phenolic OH excluding ortho intramolecular Hbond substituents is 1. The van der Waals surface area contributed by atoms with Gasteiger partial charge in [0.1, 0.15) is 23.2 Å². The Morgan fingerprint density at radius 2 is 1.73 bits per heavy atom. The van der Waals surface area contributed by atoms with Crippen LogP contribution in [-0.4, -0.2) is 15.1 Å². The summed E-state index contributed by atoms with van der Waals surface area (Å²) in [4.78, 5) is 8.62. The lowest BCUT2D eigenvalue weighted by Crippen LogP contribution is -2.14. The Bertz CT molecular complexity index is 1190. The Hall–Kier alpha value is -3.62. The molecule has 0 fully saturated rings. The number of benzene rings is 2. The molecule has 4 aromatic rings. The van der Waals surface area contributed by atoms with Crippen molar-refractivity contribution in [2.24, 2.45) is 0 Å². The second kappa shape index (κ2) is 9.73. The predicted octanol–water partition coefficient (Wildman–Crippen LogP) is 6.09. The summed E-state index contributed by atoms with van der Waals surface area (Å²) in [6, 6.07) is 19.8. The predicted molar refractivity (Wildman–Crippen MR) is 121 cm³/mol. The van der Waals surface area contributed by atoms with Gasteiger partial charge < -0.3 is 10.4 Å². The number of nitrogens with zero attached hydrogens (tertiary/aromatic N) is 3. The van der Waals surface area contributed by atoms with Gasteiger partial charge in [0, 0.05) is 23.3 Å². The molecule has 6 heteroatoms. The molecule has 150 valence electrons. The van der Waals surface area contributed by atoms with Gasteiger partial charge in [0.05, 0.1) is 16.6 Å². The number of pyridine rings is 2. The maximum absolute atomic E-state index is 10.9. The Morgan fingerprint density at radius 1 is 0.933 bits per heavy atom. The molecule has 1 atom stereocenters. The zero-order valence-corrected chi connectivity index (χ0v) is 17.4. The van der Waals surface area contributed by atoms with Crippen LogP contribution in [0, 0.1) is 11.3 Å². The van der Waals surface area contributed by atoms with Crippen molar-refractivity contribution >= 4 is 28.3 Å². The normalized spacial score (nSPS) is 11.1. The van der Waals surface area contributed by atoms with Crippen molar-refractivity contribution in [1.29, 1.82) is 5.26 Å². The number of rotatable bonds is 4. The van der Waals surface area contributed by atoms with Crippen molar-refractivity contribution in [2.75, 3.05) is 5.32 Å². The minimum Gasteiger partial charge on any atom is -0.505 e. The number of aromatic hydroxyl groups is 1. The smallest absolute Gasteiger partial charge is 0.147 e. The van der Waals surface area contributed by atoms with Gasteiger partial charge >= 0.3 is 0 Å². The fraction of sp³-hybridized carbons (Fsp3) is 0.125. The topological polar surface area (TPSA) is 81.8 Å². The van der Waals surface area contributed by atoms with Crippen LogP contribution >= 0.6 is 11.6 Å². The van der Waals surface area contributed by atoms with Gasteiger partial charge in [-0.2, -0.15) is 5.26 Å². The summed E-state index contributed by atoms with van der Waals surface area (Å²) >= 11 is 6.51. The molecule has 2 aromatic carbocycles. The molecule has 0 saturated heterocycles. The van der Waals surface area contributed by atoms with Crippen molar-refractivity contribution in [2.45, 2.75) is 19.9 Å². The number of hydrogen-bond acceptors (Lipinski definition) is 5. The summed E-state index contributed by atoms with van der Waals surface area (Å²) < 4.78 is 0. The van der Waals surface area contributed by atoms with Gasteiger partial charge in [0.2, 0.25) is 0 Å². The quantitative estimate of drug-likeness (QED) is 0.420. The molecule has 0 spiro atoms. The third-order valence-electron chi connectivity index (χ3n) is 4.51. The monoisotopic (exact) mass is 416 g/mol. The van der Waals surface area contributed by atoms with Gasteiger partial charge in [-0.1, -0.05) is 61.8 Å². The minimum absolute atomic E-state index is 0.0601. The van der Waals surface area contributed by atoms with Crippen LogP contribution in [0.3, 0.4) is 0 Å². The van der Waals surface area contributed by atoms with Crippen LogP contribution in [0.15, 0.2) is 73.1 Å². The molecule has 4 rings (SSSR count). The second-order valence-electron chi connectivity index (χ2n) is 6.19. The molecule has 0 aliphatic heterocycles. The molecule has 2 N–H and O–H groups in total. The van der Waals surface area contributed by atoms with Crippen LogP contribution in [-0.2, 0) is 0 Å². The summed E-state index contributed by atoms with van der Waals surface area (Å²) in [6.07, 6.45) is 3.31. The van der Waals surface area contributed by atoms with Crippen LogP contribution < -0.4 is 5.32 Å². The number of nitrogens with one attached hydrogen (secondary N) is 1. The largest absolute Gasteiger partial charge is 0.505 e. The van der Waals surface area contributed by atoms with Crippen LogP contribution in [0.1, 0.15) is 36.6 Å². The number of nitriles is 1. The molecular formula is C24H21ClN4O. The van der Waals surface area contributed by atoms with Gasteiger partial charge in [0.15, 0.2) is 0 Å². The molecule has 0 radical (unpaired) electrons. The second-order valence-corrected chi connectivity index (χ2v) is 6.57. The highest BCUT2D eigenvalue weighted by Crippen LogP contribution is 2.39. The molecule has 0 amide bonds. The van der Waals surface area contributed by atoms with Gasteiger partial charge in [-0.05, 0) is 29.8 Å². The summed E-state index contributed by atoms with van der Waals surface area (Å²) in [5, 5.41) is 24.8. The van der Waals surface area contributed by atoms with Crippen molar-refractivity contribution in [3.8, 4) is 11.8 Å². The average Bonchev–Trinajstić information content (AvgIpc) is 2.81. The number of anilines is 1. The van der Waals surface area contributed by atoms with Crippen LogP contribution in [0.4, 0.5) is 5.82 Å². The highest BCUT2D eigenvalue weighted by Gasteiger charge is 2.23. The summed E-state index contributed by atoms with van der Waals surface area (Å²) in [7, 11) is 0. The summed E-state index contributed by atoms with van der Waals surface area (Å²) in [5.74, 6) is 0.677. The molecule has 0 saturated carbocycles. The van der Waals surface area contributed by atoms with Gasteiger partial charge in [0.25, 0.3) is 0 Å². The molecule has 5 nitrogen and oxygen atoms in total. The first kappa shape index (κ1) is 21.1. The first-order valence-corrected chi connectivity index (χ1v) is 9.99. The minimum atomic E-state index is -0.526. The van der Waals surface area contributed by atoms with E-state index in [9.17, 15) is 10.4 Å². The Morgan fingerprint density at radius 3 is 2.47 bits per heavy atom. The van der Waals surface area contributed by atoms with E-state index < -0.39 is 6.04 Å². The van der Waals surface area contributed by atoms with Crippen LogP contribution in [0.25, 0.3) is 10.9 Å². The Labute approximate surface area is 180 Å². The number of halogens is 1. The lowest BCUT2D eigenvalue weighted by molar-refractivity contribution is 0.471. The average molecular weight is 417 g/mol. The molecule has 30 heavy (non-hydrogen) atoms. The number of aromatic nitrogens is 2. The fourth-order valence-corrected chi connectivity index (χ4v) is 3.43. The van der Waals surface area contributed by atoms with Crippen molar-refractivity contribution < 1.29 is 5.11 Å². The van der Waals surface area contributed by atoms with E-state index in [2.05, 4.69) is 21.4 Å². The summed E-state index contributed by atoms with van der Waals surface area (Å²) in [6.45, 7) is 4.00. The molecule has 2 aromatic heterocycles. The van der Waals surface area contributed by atoms with Gasteiger partial charge in [-0.25, -0.2) is 4.98 Å². The summed E-state index contributed by atoms with van der Waals surface area (Å²) in [5.41, 5.74) is 2.12. The highest BCUT2D eigenvalue weighted by atomic mass is 35.5.